The van der Waals surface area contributed by atoms with Crippen LogP contribution in [0.1, 0.15) is 46.7 Å². The number of ether oxygens (including phenoxy) is 1. The number of rotatable bonds is 8. The van der Waals surface area contributed by atoms with Crippen LogP contribution in [0, 0.1) is 12.8 Å². The van der Waals surface area contributed by atoms with Crippen LogP contribution in [0.2, 0.25) is 0 Å². The van der Waals surface area contributed by atoms with E-state index in [1.165, 1.54) is 24.5 Å². The summed E-state index contributed by atoms with van der Waals surface area (Å²) in [7, 11) is 0. The molecule has 1 aromatic carbocycles. The van der Waals surface area contributed by atoms with E-state index in [-0.39, 0.29) is 11.3 Å². The summed E-state index contributed by atoms with van der Waals surface area (Å²) in [6.45, 7) is 5.62. The summed E-state index contributed by atoms with van der Waals surface area (Å²) in [5.41, 5.74) is 1.27. The molecule has 0 spiro atoms. The quantitative estimate of drug-likeness (QED) is 0.569. The van der Waals surface area contributed by atoms with Gasteiger partial charge in [0, 0.05) is 12.2 Å². The Morgan fingerprint density at radius 2 is 1.90 bits per heavy atom. The number of nitrogens with one attached hydrogen (secondary N) is 3. The fraction of sp³-hybridized carbons (Fsp3) is 0.333. The van der Waals surface area contributed by atoms with Crippen LogP contribution < -0.4 is 16.0 Å². The van der Waals surface area contributed by atoms with E-state index in [1.807, 2.05) is 13.8 Å². The fourth-order valence-electron chi connectivity index (χ4n) is 2.37. The van der Waals surface area contributed by atoms with Gasteiger partial charge >= 0.3 is 12.0 Å². The van der Waals surface area contributed by atoms with Crippen molar-refractivity contribution in [2.75, 3.05) is 18.5 Å². The Morgan fingerprint density at radius 1 is 1.13 bits per heavy atom. The van der Waals surface area contributed by atoms with Gasteiger partial charge in [0.15, 0.2) is 12.4 Å². The molecule has 2 aromatic rings. The maximum Gasteiger partial charge on any atom is 0.338 e. The van der Waals surface area contributed by atoms with Gasteiger partial charge in [0.05, 0.1) is 11.8 Å². The van der Waals surface area contributed by atoms with Gasteiger partial charge in [0.1, 0.15) is 0 Å². The second-order valence-electron chi connectivity index (χ2n) is 7.02. The van der Waals surface area contributed by atoms with Crippen molar-refractivity contribution < 1.29 is 28.3 Å². The summed E-state index contributed by atoms with van der Waals surface area (Å²) in [5.74, 6) is -1.42. The Balaban J connectivity index is 1.87. The van der Waals surface area contributed by atoms with Gasteiger partial charge in [-0.15, -0.1) is 0 Å². The molecule has 160 valence electrons. The largest absolute Gasteiger partial charge is 0.459 e. The van der Waals surface area contributed by atoms with Crippen molar-refractivity contribution in [3.63, 3.8) is 0 Å². The maximum atomic E-state index is 12.2. The highest BCUT2D eigenvalue weighted by Gasteiger charge is 2.15. The number of carbonyl (C=O) groups is 4. The molecular weight excluding hydrogens is 390 g/mol. The third-order valence-electron chi connectivity index (χ3n) is 4.06. The molecule has 0 aliphatic rings. The van der Waals surface area contributed by atoms with E-state index in [1.54, 1.807) is 19.1 Å². The first kappa shape index (κ1) is 22.7. The van der Waals surface area contributed by atoms with Crippen LogP contribution in [0.25, 0.3) is 0 Å². The van der Waals surface area contributed by atoms with Crippen molar-refractivity contribution in [3.05, 3.63) is 53.5 Å². The Morgan fingerprint density at radius 3 is 2.57 bits per heavy atom. The van der Waals surface area contributed by atoms with Crippen LogP contribution in [0.4, 0.5) is 10.5 Å². The molecule has 3 N–H and O–H groups in total. The van der Waals surface area contributed by atoms with E-state index in [4.69, 9.17) is 9.15 Å². The number of hydrogen-bond donors (Lipinski definition) is 3. The van der Waals surface area contributed by atoms with Gasteiger partial charge in [-0.05, 0) is 49.1 Å². The molecule has 1 heterocycles. The number of carbonyl (C=O) groups excluding carboxylic acids is 4. The molecule has 0 atom stereocenters. The van der Waals surface area contributed by atoms with Crippen LogP contribution in [-0.2, 0) is 9.53 Å². The third kappa shape index (κ3) is 7.08. The molecule has 0 radical (unpaired) electrons. The maximum absolute atomic E-state index is 12.2. The van der Waals surface area contributed by atoms with Crippen LogP contribution in [0.15, 0.2) is 41.0 Å². The van der Waals surface area contributed by atoms with Crippen LogP contribution in [-0.4, -0.2) is 37.0 Å². The van der Waals surface area contributed by atoms with E-state index >= 15 is 0 Å². The Hall–Kier alpha value is -3.62. The standard InChI is InChI=1S/C21H25N3O6/c1-13(2)8-9-22-21(28)24-18(25)12-30-20(27)15-7-6-14(3)16(11-15)23-19(26)17-5-4-10-29-17/h4-7,10-11,13H,8-9,12H2,1-3H3,(H,23,26)(H2,22,24,25,28). The number of hydrogen-bond acceptors (Lipinski definition) is 6. The zero-order valence-electron chi connectivity index (χ0n) is 17.1. The Labute approximate surface area is 174 Å². The highest BCUT2D eigenvalue weighted by Crippen LogP contribution is 2.19. The summed E-state index contributed by atoms with van der Waals surface area (Å²) in [6, 6.07) is 7.04. The minimum atomic E-state index is -0.765. The van der Waals surface area contributed by atoms with Crippen LogP contribution >= 0.6 is 0 Å². The first-order chi connectivity index (χ1) is 14.3. The molecule has 0 fully saturated rings. The molecule has 2 rings (SSSR count). The lowest BCUT2D eigenvalue weighted by Gasteiger charge is -2.10. The number of benzene rings is 1. The van der Waals surface area contributed by atoms with E-state index in [2.05, 4.69) is 16.0 Å². The summed E-state index contributed by atoms with van der Waals surface area (Å²) in [6.07, 6.45) is 2.16. The van der Waals surface area contributed by atoms with Crippen molar-refractivity contribution in [2.24, 2.45) is 5.92 Å². The summed E-state index contributed by atoms with van der Waals surface area (Å²) >= 11 is 0. The van der Waals surface area contributed by atoms with Crippen molar-refractivity contribution in [1.82, 2.24) is 10.6 Å². The van der Waals surface area contributed by atoms with Crippen molar-refractivity contribution in [2.45, 2.75) is 27.2 Å². The van der Waals surface area contributed by atoms with E-state index < -0.39 is 30.4 Å². The lowest BCUT2D eigenvalue weighted by molar-refractivity contribution is -0.123. The van der Waals surface area contributed by atoms with E-state index in [0.717, 1.165) is 12.0 Å². The predicted molar refractivity (Wildman–Crippen MR) is 109 cm³/mol. The predicted octanol–water partition coefficient (Wildman–Crippen LogP) is 2.87. The Kier molecular flexibility index (Phi) is 8.16. The minimum absolute atomic E-state index is 0.130. The molecule has 0 aliphatic heterocycles. The van der Waals surface area contributed by atoms with Gasteiger partial charge in [-0.25, -0.2) is 9.59 Å². The van der Waals surface area contributed by atoms with Gasteiger partial charge in [-0.2, -0.15) is 0 Å². The average Bonchev–Trinajstić information content (AvgIpc) is 3.22. The monoisotopic (exact) mass is 415 g/mol. The first-order valence-corrected chi connectivity index (χ1v) is 9.46. The molecule has 30 heavy (non-hydrogen) atoms. The molecule has 0 aliphatic carbocycles. The molecule has 0 bridgehead atoms. The van der Waals surface area contributed by atoms with Gasteiger partial charge in [-0.3, -0.25) is 14.9 Å². The van der Waals surface area contributed by atoms with Gasteiger partial charge < -0.3 is 19.8 Å². The van der Waals surface area contributed by atoms with Gasteiger partial charge in [0.2, 0.25) is 0 Å². The lowest BCUT2D eigenvalue weighted by atomic mass is 10.1. The molecule has 4 amide bonds. The molecular formula is C21H25N3O6. The molecule has 9 heteroatoms. The topological polar surface area (TPSA) is 127 Å². The normalized spacial score (nSPS) is 10.4. The number of amides is 4. The SMILES string of the molecule is Cc1ccc(C(=O)OCC(=O)NC(=O)NCCC(C)C)cc1NC(=O)c1ccco1. The molecule has 9 nitrogen and oxygen atoms in total. The molecule has 1 aromatic heterocycles. The summed E-state index contributed by atoms with van der Waals surface area (Å²) in [5, 5.41) is 7.29. The smallest absolute Gasteiger partial charge is 0.338 e. The van der Waals surface area contributed by atoms with Gasteiger partial charge in [-0.1, -0.05) is 19.9 Å². The number of aryl methyl sites for hydroxylation is 1. The zero-order chi connectivity index (χ0) is 22.1. The molecule has 0 saturated heterocycles. The third-order valence-corrected chi connectivity index (χ3v) is 4.06. The first-order valence-electron chi connectivity index (χ1n) is 9.46. The highest BCUT2D eigenvalue weighted by molar-refractivity contribution is 6.03. The number of urea groups is 1. The molecule has 0 saturated carbocycles. The molecule has 0 unspecified atom stereocenters. The number of esters is 1. The lowest BCUT2D eigenvalue weighted by Crippen LogP contribution is -2.41. The van der Waals surface area contributed by atoms with E-state index in [0.29, 0.717) is 18.2 Å². The number of furan rings is 1. The summed E-state index contributed by atoms with van der Waals surface area (Å²) in [4.78, 5) is 47.7. The summed E-state index contributed by atoms with van der Waals surface area (Å²) < 4.78 is 9.98. The number of anilines is 1. The fourth-order valence-corrected chi connectivity index (χ4v) is 2.37. The van der Waals surface area contributed by atoms with Crippen LogP contribution in [0.3, 0.4) is 0 Å². The van der Waals surface area contributed by atoms with Crippen LogP contribution in [0.5, 0.6) is 0 Å². The van der Waals surface area contributed by atoms with Crippen molar-refractivity contribution >= 4 is 29.5 Å². The number of imide groups is 1. The Bertz CT molecular complexity index is 905. The highest BCUT2D eigenvalue weighted by atomic mass is 16.5. The van der Waals surface area contributed by atoms with E-state index in [9.17, 15) is 19.2 Å². The van der Waals surface area contributed by atoms with Gasteiger partial charge in [0.25, 0.3) is 11.8 Å². The minimum Gasteiger partial charge on any atom is -0.459 e. The average molecular weight is 415 g/mol. The van der Waals surface area contributed by atoms with Crippen molar-refractivity contribution in [3.8, 4) is 0 Å². The van der Waals surface area contributed by atoms with Crippen molar-refractivity contribution in [1.29, 1.82) is 0 Å². The zero-order valence-corrected chi connectivity index (χ0v) is 17.1. The second kappa shape index (κ2) is 10.8. The second-order valence-corrected chi connectivity index (χ2v) is 7.02.